The summed E-state index contributed by atoms with van der Waals surface area (Å²) in [6, 6.07) is 0. The van der Waals surface area contributed by atoms with Crippen LogP contribution in [0.3, 0.4) is 0 Å². The molecule has 1 aliphatic heterocycles. The second-order valence-electron chi connectivity index (χ2n) is 4.40. The van der Waals surface area contributed by atoms with Crippen LogP contribution in [-0.2, 0) is 0 Å². The van der Waals surface area contributed by atoms with Crippen molar-refractivity contribution in [3.8, 4) is 0 Å². The van der Waals surface area contributed by atoms with E-state index in [1.165, 1.54) is 0 Å². The molecule has 0 aromatic carbocycles. The lowest BCUT2D eigenvalue weighted by atomic mass is 9.88. The van der Waals surface area contributed by atoms with E-state index in [0.29, 0.717) is 5.82 Å². The predicted molar refractivity (Wildman–Crippen MR) is 54.6 cm³/mol. The maximum atomic E-state index is 5.84. The molecule has 0 spiro atoms. The molecule has 1 rings (SSSR count). The van der Waals surface area contributed by atoms with Gasteiger partial charge in [-0.2, -0.15) is 5.10 Å². The van der Waals surface area contributed by atoms with Gasteiger partial charge < -0.3 is 11.5 Å². The van der Waals surface area contributed by atoms with Gasteiger partial charge in [0.25, 0.3) is 0 Å². The van der Waals surface area contributed by atoms with Gasteiger partial charge in [-0.15, -0.1) is 0 Å². The lowest BCUT2D eigenvalue weighted by molar-refractivity contribution is 0.299. The van der Waals surface area contributed by atoms with E-state index in [4.69, 9.17) is 11.5 Å². The molecule has 0 aliphatic carbocycles. The topological polar surface area (TPSA) is 67.6 Å². The molecular formula is C9H18N4. The Labute approximate surface area is 79.3 Å². The van der Waals surface area contributed by atoms with Crippen molar-refractivity contribution in [2.45, 2.75) is 33.4 Å². The molecule has 0 aromatic heterocycles. The molecule has 0 bridgehead atoms. The summed E-state index contributed by atoms with van der Waals surface area (Å²) in [7, 11) is 0. The quantitative estimate of drug-likeness (QED) is 0.630. The van der Waals surface area contributed by atoms with Crippen LogP contribution in [0.1, 0.15) is 27.2 Å². The molecule has 1 heterocycles. The maximum Gasteiger partial charge on any atom is 0.114 e. The van der Waals surface area contributed by atoms with E-state index < -0.39 is 0 Å². The van der Waals surface area contributed by atoms with Gasteiger partial charge in [-0.1, -0.05) is 27.4 Å². The lowest BCUT2D eigenvalue weighted by Crippen LogP contribution is -2.36. The molecule has 74 valence electrons. The first-order chi connectivity index (χ1) is 5.82. The van der Waals surface area contributed by atoms with Crippen molar-refractivity contribution >= 4 is 5.71 Å². The Kier molecular flexibility index (Phi) is 2.34. The fourth-order valence-corrected chi connectivity index (χ4v) is 1.26. The molecule has 1 unspecified atom stereocenters. The van der Waals surface area contributed by atoms with Gasteiger partial charge in [0.05, 0.1) is 0 Å². The van der Waals surface area contributed by atoms with Crippen LogP contribution in [0.5, 0.6) is 0 Å². The first-order valence-corrected chi connectivity index (χ1v) is 4.39. The van der Waals surface area contributed by atoms with Crippen molar-refractivity contribution in [3.05, 3.63) is 12.4 Å². The van der Waals surface area contributed by atoms with Crippen molar-refractivity contribution < 1.29 is 0 Å². The largest absolute Gasteiger partial charge is 0.384 e. The van der Waals surface area contributed by atoms with Gasteiger partial charge in [-0.05, 0) is 0 Å². The normalized spacial score (nSPS) is 23.2. The van der Waals surface area contributed by atoms with Crippen LogP contribution in [0.2, 0.25) is 0 Å². The second-order valence-corrected chi connectivity index (χ2v) is 4.40. The Morgan fingerprint density at radius 2 is 2.15 bits per heavy atom. The zero-order chi connectivity index (χ0) is 10.2. The summed E-state index contributed by atoms with van der Waals surface area (Å²) in [5, 5.41) is 5.92. The number of rotatable bonds is 1. The molecule has 0 radical (unpaired) electrons. The number of nitrogens with zero attached hydrogens (tertiary/aromatic N) is 2. The highest BCUT2D eigenvalue weighted by Gasteiger charge is 2.30. The van der Waals surface area contributed by atoms with Gasteiger partial charge >= 0.3 is 0 Å². The second kappa shape index (κ2) is 3.03. The standard InChI is InChI=1S/C9H18N4/c1-6(10)13-8(11)5-7(12-13)9(2,3)4/h8H,1,5,10-11H2,2-4H3. The smallest absolute Gasteiger partial charge is 0.114 e. The number of hydrogen-bond donors (Lipinski definition) is 2. The first-order valence-electron chi connectivity index (χ1n) is 4.39. The van der Waals surface area contributed by atoms with E-state index in [2.05, 4.69) is 32.5 Å². The van der Waals surface area contributed by atoms with Crippen molar-refractivity contribution in [3.63, 3.8) is 0 Å². The third-order valence-corrected chi connectivity index (χ3v) is 2.11. The SMILES string of the molecule is C=C(N)N1N=C(C(C)(C)C)CC1N. The van der Waals surface area contributed by atoms with E-state index in [-0.39, 0.29) is 11.6 Å². The van der Waals surface area contributed by atoms with E-state index in [1.807, 2.05) is 0 Å². The van der Waals surface area contributed by atoms with Crippen LogP contribution < -0.4 is 11.5 Å². The molecule has 0 aromatic rings. The molecule has 4 nitrogen and oxygen atoms in total. The summed E-state index contributed by atoms with van der Waals surface area (Å²) in [5.41, 5.74) is 12.5. The minimum absolute atomic E-state index is 0.0574. The van der Waals surface area contributed by atoms with Crippen molar-refractivity contribution in [2.75, 3.05) is 0 Å². The van der Waals surface area contributed by atoms with Gasteiger partial charge in [0.1, 0.15) is 12.0 Å². The fraction of sp³-hybridized carbons (Fsp3) is 0.667. The molecule has 1 aliphatic rings. The zero-order valence-corrected chi connectivity index (χ0v) is 8.54. The molecule has 0 fully saturated rings. The molecule has 0 saturated carbocycles. The minimum atomic E-state index is -0.147. The van der Waals surface area contributed by atoms with E-state index in [9.17, 15) is 0 Å². The van der Waals surface area contributed by atoms with Gasteiger partial charge in [-0.3, -0.25) is 0 Å². The highest BCUT2D eigenvalue weighted by Crippen LogP contribution is 2.26. The van der Waals surface area contributed by atoms with Gasteiger partial charge in [0, 0.05) is 17.5 Å². The van der Waals surface area contributed by atoms with Crippen LogP contribution in [0.25, 0.3) is 0 Å². The fourth-order valence-electron chi connectivity index (χ4n) is 1.26. The Morgan fingerprint density at radius 3 is 2.38 bits per heavy atom. The van der Waals surface area contributed by atoms with Crippen LogP contribution in [0.4, 0.5) is 0 Å². The molecule has 4 heteroatoms. The summed E-state index contributed by atoms with van der Waals surface area (Å²) in [6.07, 6.45) is 0.617. The lowest BCUT2D eigenvalue weighted by Gasteiger charge is -2.17. The summed E-state index contributed by atoms with van der Waals surface area (Å²) < 4.78 is 0. The average molecular weight is 182 g/mol. The van der Waals surface area contributed by atoms with Gasteiger partial charge in [0.15, 0.2) is 0 Å². The summed E-state index contributed by atoms with van der Waals surface area (Å²) >= 11 is 0. The molecule has 1 atom stereocenters. The van der Waals surface area contributed by atoms with Crippen LogP contribution in [0.15, 0.2) is 17.5 Å². The summed E-state index contributed by atoms with van der Waals surface area (Å²) in [4.78, 5) is 0. The third kappa shape index (κ3) is 2.01. The van der Waals surface area contributed by atoms with Crippen LogP contribution >= 0.6 is 0 Å². The predicted octanol–water partition coefficient (Wildman–Crippen LogP) is 0.809. The third-order valence-electron chi connectivity index (χ3n) is 2.11. The molecule has 4 N–H and O–H groups in total. The van der Waals surface area contributed by atoms with Crippen LogP contribution in [0, 0.1) is 5.41 Å². The molecule has 0 saturated heterocycles. The number of nitrogens with two attached hydrogens (primary N) is 2. The highest BCUT2D eigenvalue weighted by atomic mass is 15.5. The van der Waals surface area contributed by atoms with Crippen molar-refractivity contribution in [1.82, 2.24) is 5.01 Å². The van der Waals surface area contributed by atoms with Crippen LogP contribution in [-0.4, -0.2) is 16.9 Å². The number of hydrazone groups is 1. The Morgan fingerprint density at radius 1 is 1.62 bits per heavy atom. The van der Waals surface area contributed by atoms with Gasteiger partial charge in [0.2, 0.25) is 0 Å². The summed E-state index contributed by atoms with van der Waals surface area (Å²) in [6.45, 7) is 9.96. The molecule has 13 heavy (non-hydrogen) atoms. The van der Waals surface area contributed by atoms with E-state index in [1.54, 1.807) is 5.01 Å². The Hall–Kier alpha value is -1.03. The van der Waals surface area contributed by atoms with Crippen molar-refractivity contribution in [1.29, 1.82) is 0 Å². The van der Waals surface area contributed by atoms with Crippen molar-refractivity contribution in [2.24, 2.45) is 22.0 Å². The zero-order valence-electron chi connectivity index (χ0n) is 8.54. The monoisotopic (exact) mass is 182 g/mol. The number of hydrogen-bond acceptors (Lipinski definition) is 4. The van der Waals surface area contributed by atoms with E-state index in [0.717, 1.165) is 12.1 Å². The Bertz CT molecular complexity index is 249. The Balaban J connectivity index is 2.84. The minimum Gasteiger partial charge on any atom is -0.384 e. The molecular weight excluding hydrogens is 164 g/mol. The maximum absolute atomic E-state index is 5.84. The summed E-state index contributed by atoms with van der Waals surface area (Å²) in [5.74, 6) is 0.409. The van der Waals surface area contributed by atoms with Gasteiger partial charge in [-0.25, -0.2) is 5.01 Å². The average Bonchev–Trinajstić information content (AvgIpc) is 2.29. The molecule has 0 amide bonds. The highest BCUT2D eigenvalue weighted by molar-refractivity contribution is 5.90. The first kappa shape index (κ1) is 10.1. The van der Waals surface area contributed by atoms with E-state index >= 15 is 0 Å².